The highest BCUT2D eigenvalue weighted by Crippen LogP contribution is 2.23. The minimum absolute atomic E-state index is 0.0240. The SMILES string of the molecule is CC(=O)OC[C@H]1OC(Oc2ccc(C(C)C)cc2)C=C[C@@H]1OC(C)=O. The van der Waals surface area contributed by atoms with Gasteiger partial charge in [0, 0.05) is 13.8 Å². The highest BCUT2D eigenvalue weighted by Gasteiger charge is 2.31. The van der Waals surface area contributed by atoms with Crippen molar-refractivity contribution in [1.82, 2.24) is 0 Å². The Labute approximate surface area is 147 Å². The largest absolute Gasteiger partial charge is 0.463 e. The lowest BCUT2D eigenvalue weighted by Crippen LogP contribution is -2.43. The number of benzene rings is 1. The summed E-state index contributed by atoms with van der Waals surface area (Å²) in [6.45, 7) is 6.85. The van der Waals surface area contributed by atoms with Crippen LogP contribution < -0.4 is 4.74 Å². The standard InChI is InChI=1S/C19H24O6/c1-12(2)15-5-7-16(8-6-15)24-19-10-9-17(23-14(4)21)18(25-19)11-22-13(3)20/h5-10,12,17-19H,11H2,1-4H3/t17-,18+,19?/m0/s1. The molecule has 25 heavy (non-hydrogen) atoms. The Morgan fingerprint density at radius 3 is 2.32 bits per heavy atom. The van der Waals surface area contributed by atoms with Crippen molar-refractivity contribution in [1.29, 1.82) is 0 Å². The van der Waals surface area contributed by atoms with Gasteiger partial charge in [-0.25, -0.2) is 0 Å². The van der Waals surface area contributed by atoms with E-state index in [0.717, 1.165) is 0 Å². The van der Waals surface area contributed by atoms with E-state index >= 15 is 0 Å². The third kappa shape index (κ3) is 5.90. The topological polar surface area (TPSA) is 71.1 Å². The summed E-state index contributed by atoms with van der Waals surface area (Å²) in [7, 11) is 0. The number of carbonyl (C=O) groups excluding carboxylic acids is 2. The van der Waals surface area contributed by atoms with E-state index in [9.17, 15) is 9.59 Å². The van der Waals surface area contributed by atoms with Crippen molar-refractivity contribution in [2.24, 2.45) is 0 Å². The van der Waals surface area contributed by atoms with Gasteiger partial charge in [-0.3, -0.25) is 9.59 Å². The van der Waals surface area contributed by atoms with Crippen LogP contribution in [0, 0.1) is 0 Å². The van der Waals surface area contributed by atoms with Crippen molar-refractivity contribution in [3.05, 3.63) is 42.0 Å². The number of ether oxygens (including phenoxy) is 4. The first kappa shape index (κ1) is 19.0. The van der Waals surface area contributed by atoms with Crippen LogP contribution in [0.4, 0.5) is 0 Å². The predicted molar refractivity (Wildman–Crippen MR) is 91.1 cm³/mol. The number of carbonyl (C=O) groups is 2. The van der Waals surface area contributed by atoms with Gasteiger partial charge in [-0.2, -0.15) is 0 Å². The molecule has 1 aromatic carbocycles. The van der Waals surface area contributed by atoms with Crippen LogP contribution in [0.2, 0.25) is 0 Å². The minimum atomic E-state index is -0.655. The molecule has 3 atom stereocenters. The molecule has 0 saturated heterocycles. The van der Waals surface area contributed by atoms with E-state index in [0.29, 0.717) is 11.7 Å². The van der Waals surface area contributed by atoms with Crippen LogP contribution in [0.3, 0.4) is 0 Å². The summed E-state index contributed by atoms with van der Waals surface area (Å²) in [6.07, 6.45) is 1.45. The zero-order chi connectivity index (χ0) is 18.4. The maximum atomic E-state index is 11.2. The van der Waals surface area contributed by atoms with Crippen LogP contribution in [0.1, 0.15) is 39.2 Å². The molecule has 0 N–H and O–H groups in total. The van der Waals surface area contributed by atoms with Gasteiger partial charge in [0.2, 0.25) is 6.29 Å². The average molecular weight is 348 g/mol. The Morgan fingerprint density at radius 2 is 1.76 bits per heavy atom. The fourth-order valence-corrected chi connectivity index (χ4v) is 2.39. The molecule has 0 amide bonds. The number of esters is 2. The van der Waals surface area contributed by atoms with Crippen LogP contribution in [-0.2, 0) is 23.8 Å². The summed E-state index contributed by atoms with van der Waals surface area (Å²) in [5.74, 6) is 0.241. The molecule has 1 aromatic rings. The monoisotopic (exact) mass is 348 g/mol. The highest BCUT2D eigenvalue weighted by atomic mass is 16.7. The Bertz CT molecular complexity index is 619. The van der Waals surface area contributed by atoms with Crippen molar-refractivity contribution in [2.45, 2.75) is 52.1 Å². The Kier molecular flexibility index (Phi) is 6.58. The van der Waals surface area contributed by atoms with Gasteiger partial charge >= 0.3 is 11.9 Å². The van der Waals surface area contributed by atoms with Crippen molar-refractivity contribution in [2.75, 3.05) is 6.61 Å². The van der Waals surface area contributed by atoms with Gasteiger partial charge in [0.25, 0.3) is 0 Å². The third-order valence-electron chi connectivity index (χ3n) is 3.69. The van der Waals surface area contributed by atoms with Crippen LogP contribution in [0.5, 0.6) is 5.75 Å². The maximum Gasteiger partial charge on any atom is 0.303 e. The molecule has 0 aliphatic carbocycles. The molecule has 1 unspecified atom stereocenters. The molecule has 0 saturated carbocycles. The van der Waals surface area contributed by atoms with E-state index in [2.05, 4.69) is 13.8 Å². The average Bonchev–Trinajstić information content (AvgIpc) is 2.55. The zero-order valence-corrected chi connectivity index (χ0v) is 14.9. The van der Waals surface area contributed by atoms with E-state index in [-0.39, 0.29) is 6.61 Å². The molecule has 1 aliphatic rings. The molecule has 0 radical (unpaired) electrons. The van der Waals surface area contributed by atoms with E-state index in [4.69, 9.17) is 18.9 Å². The molecule has 1 aliphatic heterocycles. The van der Waals surface area contributed by atoms with E-state index < -0.39 is 30.4 Å². The molecule has 0 spiro atoms. The molecule has 6 heteroatoms. The smallest absolute Gasteiger partial charge is 0.303 e. The Balaban J connectivity index is 2.03. The van der Waals surface area contributed by atoms with E-state index in [1.165, 1.54) is 19.4 Å². The van der Waals surface area contributed by atoms with Gasteiger partial charge in [0.15, 0.2) is 0 Å². The molecule has 0 aromatic heterocycles. The molecule has 0 bridgehead atoms. The summed E-state index contributed by atoms with van der Waals surface area (Å²) < 4.78 is 21.7. The minimum Gasteiger partial charge on any atom is -0.463 e. The van der Waals surface area contributed by atoms with Gasteiger partial charge in [-0.15, -0.1) is 0 Å². The van der Waals surface area contributed by atoms with Crippen molar-refractivity contribution >= 4 is 11.9 Å². The third-order valence-corrected chi connectivity index (χ3v) is 3.69. The number of rotatable bonds is 6. The second kappa shape index (κ2) is 8.67. The number of hydrogen-bond donors (Lipinski definition) is 0. The van der Waals surface area contributed by atoms with Crippen molar-refractivity contribution < 1.29 is 28.5 Å². The van der Waals surface area contributed by atoms with Gasteiger partial charge in [0.05, 0.1) is 0 Å². The van der Waals surface area contributed by atoms with Gasteiger partial charge in [-0.1, -0.05) is 26.0 Å². The first-order chi connectivity index (χ1) is 11.8. The summed E-state index contributed by atoms with van der Waals surface area (Å²) in [5.41, 5.74) is 1.22. The van der Waals surface area contributed by atoms with Crippen LogP contribution in [-0.4, -0.2) is 37.0 Å². The lowest BCUT2D eigenvalue weighted by molar-refractivity contribution is -0.178. The molecule has 6 nitrogen and oxygen atoms in total. The van der Waals surface area contributed by atoms with E-state index in [1.54, 1.807) is 12.2 Å². The maximum absolute atomic E-state index is 11.2. The molecular weight excluding hydrogens is 324 g/mol. The summed E-state index contributed by atoms with van der Waals surface area (Å²) in [5, 5.41) is 0. The molecular formula is C19H24O6. The number of hydrogen-bond acceptors (Lipinski definition) is 6. The second-order valence-corrected chi connectivity index (χ2v) is 6.15. The fraction of sp³-hybridized carbons (Fsp3) is 0.474. The first-order valence-electron chi connectivity index (χ1n) is 8.26. The van der Waals surface area contributed by atoms with Gasteiger partial charge in [-0.05, 0) is 35.8 Å². The lowest BCUT2D eigenvalue weighted by atomic mass is 10.0. The summed E-state index contributed by atoms with van der Waals surface area (Å²) >= 11 is 0. The van der Waals surface area contributed by atoms with Crippen LogP contribution in [0.15, 0.2) is 36.4 Å². The molecule has 2 rings (SSSR count). The Hall–Kier alpha value is -2.34. The van der Waals surface area contributed by atoms with Gasteiger partial charge < -0.3 is 18.9 Å². The van der Waals surface area contributed by atoms with Gasteiger partial charge in [0.1, 0.15) is 24.6 Å². The summed E-state index contributed by atoms with van der Waals surface area (Å²) in [6, 6.07) is 7.77. The zero-order valence-electron chi connectivity index (χ0n) is 14.9. The van der Waals surface area contributed by atoms with Crippen LogP contribution in [0.25, 0.3) is 0 Å². The highest BCUT2D eigenvalue weighted by molar-refractivity contribution is 5.66. The Morgan fingerprint density at radius 1 is 1.08 bits per heavy atom. The summed E-state index contributed by atoms with van der Waals surface area (Å²) in [4.78, 5) is 22.2. The molecule has 136 valence electrons. The second-order valence-electron chi connectivity index (χ2n) is 6.15. The lowest BCUT2D eigenvalue weighted by Gasteiger charge is -2.31. The molecule has 0 fully saturated rings. The van der Waals surface area contributed by atoms with E-state index in [1.807, 2.05) is 24.3 Å². The quantitative estimate of drug-likeness (QED) is 0.581. The predicted octanol–water partition coefficient (Wildman–Crippen LogP) is 2.96. The van der Waals surface area contributed by atoms with Crippen molar-refractivity contribution in [3.63, 3.8) is 0 Å². The fourth-order valence-electron chi connectivity index (χ4n) is 2.39. The van der Waals surface area contributed by atoms with Crippen molar-refractivity contribution in [3.8, 4) is 5.75 Å². The first-order valence-corrected chi connectivity index (χ1v) is 8.26. The van der Waals surface area contributed by atoms with Crippen LogP contribution >= 0.6 is 0 Å². The molecule has 1 heterocycles. The normalized spacial score (nSPS) is 22.5.